The minimum Gasteiger partial charge on any atom is -0.369 e. The van der Waals surface area contributed by atoms with Crippen LogP contribution in [0.25, 0.3) is 11.1 Å². The Balaban J connectivity index is 1.47. The zero-order valence-electron chi connectivity index (χ0n) is 15.7. The number of carbonyl (C=O) groups excluding carboxylic acids is 1. The van der Waals surface area contributed by atoms with Crippen molar-refractivity contribution in [3.8, 4) is 11.1 Å². The van der Waals surface area contributed by atoms with Crippen LogP contribution in [0.5, 0.6) is 0 Å². The second-order valence-corrected chi connectivity index (χ2v) is 7.08. The molecule has 1 aromatic carbocycles. The van der Waals surface area contributed by atoms with E-state index in [0.717, 1.165) is 35.5 Å². The average Bonchev–Trinajstić information content (AvgIpc) is 3.12. The van der Waals surface area contributed by atoms with Crippen LogP contribution in [-0.2, 0) is 24.4 Å². The van der Waals surface area contributed by atoms with Crippen LogP contribution < -0.4 is 10.6 Å². The van der Waals surface area contributed by atoms with Crippen LogP contribution >= 0.6 is 0 Å². The first-order valence-electron chi connectivity index (χ1n) is 9.14. The zero-order valence-corrected chi connectivity index (χ0v) is 15.7. The number of carbonyl (C=O) groups is 1. The van der Waals surface area contributed by atoms with Gasteiger partial charge in [-0.1, -0.05) is 24.3 Å². The number of primary amides is 1. The number of hydrogen-bond acceptors (Lipinski definition) is 6. The van der Waals surface area contributed by atoms with Gasteiger partial charge in [-0.25, -0.2) is 9.97 Å². The van der Waals surface area contributed by atoms with Crippen molar-refractivity contribution >= 4 is 11.9 Å². The maximum Gasteiger partial charge on any atom is 0.231 e. The number of aromatic nitrogens is 3. The Morgan fingerprint density at radius 3 is 2.68 bits per heavy atom. The van der Waals surface area contributed by atoms with Gasteiger partial charge < -0.3 is 10.6 Å². The molecule has 0 fully saturated rings. The van der Waals surface area contributed by atoms with Gasteiger partial charge >= 0.3 is 0 Å². The lowest BCUT2D eigenvalue weighted by Gasteiger charge is -2.16. The summed E-state index contributed by atoms with van der Waals surface area (Å²) in [5, 5.41) is 0. The zero-order chi connectivity index (χ0) is 19.5. The normalized spacial score (nSPS) is 13.0. The van der Waals surface area contributed by atoms with Crippen LogP contribution in [0.2, 0.25) is 0 Å². The monoisotopic (exact) mass is 374 g/mol. The van der Waals surface area contributed by atoms with Crippen LogP contribution in [0, 0.1) is 0 Å². The van der Waals surface area contributed by atoms with E-state index >= 15 is 0 Å². The van der Waals surface area contributed by atoms with Crippen molar-refractivity contribution in [1.82, 2.24) is 19.9 Å². The summed E-state index contributed by atoms with van der Waals surface area (Å²) < 4.78 is 0. The number of fused-ring (bicyclic) bond motifs is 1. The molecule has 0 aliphatic carbocycles. The fraction of sp³-hybridized carbons (Fsp3) is 0.238. The molecule has 4 rings (SSSR count). The Morgan fingerprint density at radius 2 is 1.93 bits per heavy atom. The summed E-state index contributed by atoms with van der Waals surface area (Å²) in [7, 11) is 1.87. The Bertz CT molecular complexity index is 963. The van der Waals surface area contributed by atoms with E-state index in [0.29, 0.717) is 12.5 Å². The molecular formula is C21H22N6O. The predicted octanol–water partition coefficient (Wildman–Crippen LogP) is 1.98. The fourth-order valence-corrected chi connectivity index (χ4v) is 3.46. The Morgan fingerprint density at radius 1 is 1.11 bits per heavy atom. The minimum atomic E-state index is -0.332. The number of anilines is 1. The third kappa shape index (κ3) is 3.99. The highest BCUT2D eigenvalue weighted by atomic mass is 16.1. The van der Waals surface area contributed by atoms with Crippen molar-refractivity contribution in [2.45, 2.75) is 19.6 Å². The van der Waals surface area contributed by atoms with E-state index in [1.165, 1.54) is 5.56 Å². The molecule has 0 spiro atoms. The van der Waals surface area contributed by atoms with E-state index < -0.39 is 0 Å². The van der Waals surface area contributed by atoms with Gasteiger partial charge in [0.05, 0.1) is 18.8 Å². The van der Waals surface area contributed by atoms with Crippen LogP contribution in [0.1, 0.15) is 16.8 Å². The molecule has 2 aromatic heterocycles. The number of likely N-dealkylation sites (N-methyl/N-ethyl adjacent to an activating group) is 1. The average molecular weight is 374 g/mol. The van der Waals surface area contributed by atoms with Gasteiger partial charge in [0.25, 0.3) is 0 Å². The highest BCUT2D eigenvalue weighted by Gasteiger charge is 2.21. The molecule has 2 N–H and O–H groups in total. The maximum atomic E-state index is 11.1. The van der Waals surface area contributed by atoms with Crippen LogP contribution in [-0.4, -0.2) is 39.4 Å². The molecule has 28 heavy (non-hydrogen) atoms. The Hall–Kier alpha value is -3.32. The molecule has 0 atom stereocenters. The summed E-state index contributed by atoms with van der Waals surface area (Å²) in [6, 6.07) is 12.2. The van der Waals surface area contributed by atoms with E-state index in [2.05, 4.69) is 32.0 Å². The molecule has 1 amide bonds. The molecule has 3 heterocycles. The molecule has 1 aliphatic heterocycles. The van der Waals surface area contributed by atoms with Crippen molar-refractivity contribution in [1.29, 1.82) is 0 Å². The first kappa shape index (κ1) is 18.1. The van der Waals surface area contributed by atoms with E-state index in [-0.39, 0.29) is 12.5 Å². The Labute approximate surface area is 163 Å². The van der Waals surface area contributed by atoms with E-state index in [9.17, 15) is 4.79 Å². The molecule has 0 unspecified atom stereocenters. The molecule has 0 radical (unpaired) electrons. The quantitative estimate of drug-likeness (QED) is 0.710. The summed E-state index contributed by atoms with van der Waals surface area (Å²) in [5.41, 5.74) is 10.7. The van der Waals surface area contributed by atoms with Gasteiger partial charge in [-0.2, -0.15) is 0 Å². The SMILES string of the molecule is CN(CC(N)=O)Cc1cccc(-c2cnc(N3Cc4cccnc4C3)nc2)c1. The van der Waals surface area contributed by atoms with Crippen LogP contribution in [0.3, 0.4) is 0 Å². The number of rotatable bonds is 6. The topological polar surface area (TPSA) is 88.2 Å². The largest absolute Gasteiger partial charge is 0.369 e. The summed E-state index contributed by atoms with van der Waals surface area (Å²) >= 11 is 0. The summed E-state index contributed by atoms with van der Waals surface area (Å²) in [5.74, 6) is 0.376. The molecule has 7 nitrogen and oxygen atoms in total. The third-order valence-corrected chi connectivity index (χ3v) is 4.75. The van der Waals surface area contributed by atoms with Crippen molar-refractivity contribution in [3.05, 3.63) is 71.8 Å². The van der Waals surface area contributed by atoms with Gasteiger partial charge in [-0.3, -0.25) is 14.7 Å². The molecule has 0 bridgehead atoms. The van der Waals surface area contributed by atoms with E-state index in [1.807, 2.05) is 54.8 Å². The van der Waals surface area contributed by atoms with Crippen molar-refractivity contribution in [3.63, 3.8) is 0 Å². The Kier molecular flexibility index (Phi) is 4.99. The van der Waals surface area contributed by atoms with Gasteiger partial charge in [-0.05, 0) is 35.9 Å². The lowest BCUT2D eigenvalue weighted by molar-refractivity contribution is -0.118. The van der Waals surface area contributed by atoms with Crippen molar-refractivity contribution < 1.29 is 4.79 Å². The number of benzene rings is 1. The third-order valence-electron chi connectivity index (χ3n) is 4.75. The standard InChI is InChI=1S/C21H22N6O/c1-26(14-20(22)28)11-15-4-2-5-16(8-15)18-9-24-21(25-10-18)27-12-17-6-3-7-23-19(17)13-27/h2-10H,11-14H2,1H3,(H2,22,28). The molecule has 1 aliphatic rings. The van der Waals surface area contributed by atoms with E-state index in [4.69, 9.17) is 5.73 Å². The molecule has 0 saturated carbocycles. The number of pyridine rings is 1. The van der Waals surface area contributed by atoms with Crippen molar-refractivity contribution in [2.24, 2.45) is 5.73 Å². The molecule has 7 heteroatoms. The second kappa shape index (κ2) is 7.74. The van der Waals surface area contributed by atoms with Crippen LogP contribution in [0.15, 0.2) is 55.0 Å². The summed E-state index contributed by atoms with van der Waals surface area (Å²) in [6.07, 6.45) is 5.52. The van der Waals surface area contributed by atoms with Crippen molar-refractivity contribution in [2.75, 3.05) is 18.5 Å². The number of amides is 1. The maximum absolute atomic E-state index is 11.1. The highest BCUT2D eigenvalue weighted by Crippen LogP contribution is 2.25. The van der Waals surface area contributed by atoms with Gasteiger partial charge in [0.1, 0.15) is 0 Å². The fourth-order valence-electron chi connectivity index (χ4n) is 3.46. The van der Waals surface area contributed by atoms with Gasteiger partial charge in [0, 0.05) is 37.2 Å². The van der Waals surface area contributed by atoms with E-state index in [1.54, 1.807) is 0 Å². The lowest BCUT2D eigenvalue weighted by Crippen LogP contribution is -2.30. The van der Waals surface area contributed by atoms with Gasteiger partial charge in [0.2, 0.25) is 11.9 Å². The smallest absolute Gasteiger partial charge is 0.231 e. The van der Waals surface area contributed by atoms with Gasteiger partial charge in [0.15, 0.2) is 0 Å². The minimum absolute atomic E-state index is 0.231. The van der Waals surface area contributed by atoms with Gasteiger partial charge in [-0.15, -0.1) is 0 Å². The second-order valence-electron chi connectivity index (χ2n) is 7.08. The number of nitrogens with two attached hydrogens (primary N) is 1. The molecular weight excluding hydrogens is 352 g/mol. The number of nitrogens with zero attached hydrogens (tertiary/aromatic N) is 5. The first-order chi connectivity index (χ1) is 13.6. The summed E-state index contributed by atoms with van der Waals surface area (Å²) in [4.78, 5) is 28.6. The molecule has 3 aromatic rings. The highest BCUT2D eigenvalue weighted by molar-refractivity contribution is 5.75. The first-order valence-corrected chi connectivity index (χ1v) is 9.14. The number of hydrogen-bond donors (Lipinski definition) is 1. The lowest BCUT2D eigenvalue weighted by atomic mass is 10.1. The molecule has 142 valence electrons. The summed E-state index contributed by atoms with van der Waals surface area (Å²) in [6.45, 7) is 2.39. The van der Waals surface area contributed by atoms with Crippen LogP contribution in [0.4, 0.5) is 5.95 Å². The molecule has 0 saturated heterocycles. The predicted molar refractivity (Wildman–Crippen MR) is 107 cm³/mol.